The molecule has 0 unspecified atom stereocenters. The third-order valence-corrected chi connectivity index (χ3v) is 2.84. The van der Waals surface area contributed by atoms with Crippen molar-refractivity contribution in [3.8, 4) is 11.5 Å². The Morgan fingerprint density at radius 2 is 1.90 bits per heavy atom. The maximum absolute atomic E-state index is 12.1. The highest BCUT2D eigenvalue weighted by Crippen LogP contribution is 2.19. The Kier molecular flexibility index (Phi) is 4.77. The van der Waals surface area contributed by atoms with E-state index in [1.807, 2.05) is 38.1 Å². The lowest BCUT2D eigenvalue weighted by molar-refractivity contribution is 0.0733. The van der Waals surface area contributed by atoms with Crippen LogP contribution in [0, 0.1) is 6.92 Å². The van der Waals surface area contributed by atoms with E-state index >= 15 is 0 Å². The Balaban J connectivity index is 2.11. The molecule has 3 heteroatoms. The van der Waals surface area contributed by atoms with E-state index in [2.05, 4.69) is 0 Å². The second-order valence-corrected chi connectivity index (χ2v) is 4.53. The summed E-state index contributed by atoms with van der Waals surface area (Å²) in [6, 6.07) is 14.5. The molecular formula is C17H18O3. The van der Waals surface area contributed by atoms with E-state index in [1.165, 1.54) is 0 Å². The summed E-state index contributed by atoms with van der Waals surface area (Å²) in [6.45, 7) is 4.58. The van der Waals surface area contributed by atoms with Crippen molar-refractivity contribution in [1.82, 2.24) is 0 Å². The lowest BCUT2D eigenvalue weighted by atomic mass is 10.2. The highest BCUT2D eigenvalue weighted by Gasteiger charge is 2.10. The van der Waals surface area contributed by atoms with Crippen LogP contribution in [0.25, 0.3) is 0 Å². The number of hydrogen-bond donors (Lipinski definition) is 0. The van der Waals surface area contributed by atoms with Crippen LogP contribution in [0.5, 0.6) is 11.5 Å². The standard InChI is InChI=1S/C17H18O3/c1-3-11-19-15-9-6-8-14(12-15)17(18)20-16-10-5-4-7-13(16)2/h4-10,12H,3,11H2,1-2H3. The van der Waals surface area contributed by atoms with Crippen LogP contribution >= 0.6 is 0 Å². The molecule has 0 amide bonds. The van der Waals surface area contributed by atoms with Crippen LogP contribution in [0.1, 0.15) is 29.3 Å². The van der Waals surface area contributed by atoms with Crippen LogP contribution in [0.3, 0.4) is 0 Å². The first-order chi connectivity index (χ1) is 9.70. The van der Waals surface area contributed by atoms with E-state index in [4.69, 9.17) is 9.47 Å². The van der Waals surface area contributed by atoms with Crippen molar-refractivity contribution in [1.29, 1.82) is 0 Å². The van der Waals surface area contributed by atoms with Gasteiger partial charge >= 0.3 is 5.97 Å². The molecule has 0 radical (unpaired) electrons. The molecule has 0 atom stereocenters. The predicted octanol–water partition coefficient (Wildman–Crippen LogP) is 4.00. The molecule has 0 aliphatic carbocycles. The van der Waals surface area contributed by atoms with Gasteiger partial charge < -0.3 is 9.47 Å². The molecule has 20 heavy (non-hydrogen) atoms. The fourth-order valence-electron chi connectivity index (χ4n) is 1.76. The van der Waals surface area contributed by atoms with Gasteiger partial charge in [-0.3, -0.25) is 0 Å². The number of carbonyl (C=O) groups is 1. The molecule has 0 saturated heterocycles. The van der Waals surface area contributed by atoms with Crippen LogP contribution in [0.2, 0.25) is 0 Å². The number of rotatable bonds is 5. The normalized spacial score (nSPS) is 10.1. The van der Waals surface area contributed by atoms with Crippen LogP contribution in [0.15, 0.2) is 48.5 Å². The van der Waals surface area contributed by atoms with Crippen LogP contribution in [0.4, 0.5) is 0 Å². The summed E-state index contributed by atoms with van der Waals surface area (Å²) in [5.41, 5.74) is 1.42. The van der Waals surface area contributed by atoms with Gasteiger partial charge in [-0.05, 0) is 43.2 Å². The molecule has 0 aromatic heterocycles. The smallest absolute Gasteiger partial charge is 0.343 e. The summed E-state index contributed by atoms with van der Waals surface area (Å²) >= 11 is 0. The summed E-state index contributed by atoms with van der Waals surface area (Å²) in [4.78, 5) is 12.1. The van der Waals surface area contributed by atoms with Crippen molar-refractivity contribution < 1.29 is 14.3 Å². The number of benzene rings is 2. The van der Waals surface area contributed by atoms with Gasteiger partial charge in [-0.1, -0.05) is 31.2 Å². The number of hydrogen-bond acceptors (Lipinski definition) is 3. The highest BCUT2D eigenvalue weighted by atomic mass is 16.5. The van der Waals surface area contributed by atoms with Gasteiger partial charge in [0.05, 0.1) is 12.2 Å². The van der Waals surface area contributed by atoms with E-state index < -0.39 is 0 Å². The van der Waals surface area contributed by atoms with Crippen LogP contribution < -0.4 is 9.47 Å². The predicted molar refractivity (Wildman–Crippen MR) is 78.4 cm³/mol. The molecule has 2 aromatic carbocycles. The van der Waals surface area contributed by atoms with E-state index in [1.54, 1.807) is 24.3 Å². The molecule has 0 bridgehead atoms. The largest absolute Gasteiger partial charge is 0.494 e. The lowest BCUT2D eigenvalue weighted by Gasteiger charge is -2.08. The first kappa shape index (κ1) is 14.1. The fourth-order valence-corrected chi connectivity index (χ4v) is 1.76. The summed E-state index contributed by atoms with van der Waals surface area (Å²) in [5.74, 6) is 0.893. The molecule has 0 fully saturated rings. The molecule has 104 valence electrons. The quantitative estimate of drug-likeness (QED) is 0.608. The molecule has 2 rings (SSSR count). The highest BCUT2D eigenvalue weighted by molar-refractivity contribution is 5.91. The minimum Gasteiger partial charge on any atom is -0.494 e. The second-order valence-electron chi connectivity index (χ2n) is 4.53. The van der Waals surface area contributed by atoms with Gasteiger partial charge in [0.15, 0.2) is 0 Å². The Labute approximate surface area is 119 Å². The fraction of sp³-hybridized carbons (Fsp3) is 0.235. The van der Waals surface area contributed by atoms with E-state index in [-0.39, 0.29) is 5.97 Å². The Morgan fingerprint density at radius 1 is 1.10 bits per heavy atom. The first-order valence-corrected chi connectivity index (χ1v) is 6.71. The van der Waals surface area contributed by atoms with E-state index in [9.17, 15) is 4.79 Å². The number of esters is 1. The molecule has 0 aliphatic heterocycles. The molecule has 0 heterocycles. The lowest BCUT2D eigenvalue weighted by Crippen LogP contribution is -2.09. The summed E-state index contributed by atoms with van der Waals surface area (Å²) < 4.78 is 10.9. The van der Waals surface area contributed by atoms with Gasteiger partial charge in [-0.25, -0.2) is 4.79 Å². The molecule has 2 aromatic rings. The molecule has 0 saturated carbocycles. The van der Waals surface area contributed by atoms with E-state index in [0.29, 0.717) is 23.7 Å². The van der Waals surface area contributed by atoms with Crippen molar-refractivity contribution in [2.45, 2.75) is 20.3 Å². The van der Waals surface area contributed by atoms with Crippen molar-refractivity contribution in [2.75, 3.05) is 6.61 Å². The Morgan fingerprint density at radius 3 is 2.65 bits per heavy atom. The molecular weight excluding hydrogens is 252 g/mol. The van der Waals surface area contributed by atoms with Crippen molar-refractivity contribution in [3.63, 3.8) is 0 Å². The zero-order chi connectivity index (χ0) is 14.4. The van der Waals surface area contributed by atoms with Gasteiger partial charge in [0.25, 0.3) is 0 Å². The van der Waals surface area contributed by atoms with Crippen molar-refractivity contribution in [3.05, 3.63) is 59.7 Å². The molecule has 0 spiro atoms. The minimum absolute atomic E-state index is 0.374. The van der Waals surface area contributed by atoms with Crippen LogP contribution in [-0.2, 0) is 0 Å². The number of carbonyl (C=O) groups excluding carboxylic acids is 1. The SMILES string of the molecule is CCCOc1cccc(C(=O)Oc2ccccc2C)c1. The van der Waals surface area contributed by atoms with Gasteiger partial charge in [0, 0.05) is 0 Å². The zero-order valence-electron chi connectivity index (χ0n) is 11.8. The average molecular weight is 270 g/mol. The van der Waals surface area contributed by atoms with Gasteiger partial charge in [0.1, 0.15) is 11.5 Å². The number of aryl methyl sites for hydroxylation is 1. The summed E-state index contributed by atoms with van der Waals surface area (Å²) in [5, 5.41) is 0. The monoisotopic (exact) mass is 270 g/mol. The summed E-state index contributed by atoms with van der Waals surface area (Å²) in [6.07, 6.45) is 0.928. The van der Waals surface area contributed by atoms with Gasteiger partial charge in [-0.2, -0.15) is 0 Å². The van der Waals surface area contributed by atoms with Crippen molar-refractivity contribution >= 4 is 5.97 Å². The van der Waals surface area contributed by atoms with Gasteiger partial charge in [-0.15, -0.1) is 0 Å². The third-order valence-electron chi connectivity index (χ3n) is 2.84. The minimum atomic E-state index is -0.374. The number of para-hydroxylation sites is 1. The first-order valence-electron chi connectivity index (χ1n) is 6.71. The van der Waals surface area contributed by atoms with Crippen molar-refractivity contribution in [2.24, 2.45) is 0 Å². The number of ether oxygens (including phenoxy) is 2. The summed E-state index contributed by atoms with van der Waals surface area (Å²) in [7, 11) is 0. The average Bonchev–Trinajstić information content (AvgIpc) is 2.48. The second kappa shape index (κ2) is 6.75. The third kappa shape index (κ3) is 3.60. The molecule has 0 aliphatic rings. The molecule has 3 nitrogen and oxygen atoms in total. The Hall–Kier alpha value is -2.29. The maximum atomic E-state index is 12.1. The van der Waals surface area contributed by atoms with Gasteiger partial charge in [0.2, 0.25) is 0 Å². The van der Waals surface area contributed by atoms with Crippen LogP contribution in [-0.4, -0.2) is 12.6 Å². The van der Waals surface area contributed by atoms with E-state index in [0.717, 1.165) is 12.0 Å². The maximum Gasteiger partial charge on any atom is 0.343 e. The Bertz CT molecular complexity index is 590. The topological polar surface area (TPSA) is 35.5 Å². The zero-order valence-corrected chi connectivity index (χ0v) is 11.8. The molecule has 0 N–H and O–H groups in total.